The lowest BCUT2D eigenvalue weighted by Crippen LogP contribution is -1.99. The molecular formula is C17H14N2O2S. The maximum atomic E-state index is 10.8. The smallest absolute Gasteiger partial charge is 0.335 e. The van der Waals surface area contributed by atoms with Crippen LogP contribution >= 0.6 is 11.3 Å². The summed E-state index contributed by atoms with van der Waals surface area (Å²) in [6.45, 7) is 0. The monoisotopic (exact) mass is 310 g/mol. The highest BCUT2D eigenvalue weighted by atomic mass is 32.1. The number of hydrogen-bond donors (Lipinski definition) is 1. The van der Waals surface area contributed by atoms with Gasteiger partial charge in [-0.3, -0.25) is 0 Å². The molecule has 0 spiro atoms. The molecule has 0 unspecified atom stereocenters. The lowest BCUT2D eigenvalue weighted by molar-refractivity contribution is 0.0697. The van der Waals surface area contributed by atoms with E-state index in [1.54, 1.807) is 41.8 Å². The Labute approximate surface area is 132 Å². The van der Waals surface area contributed by atoms with Crippen molar-refractivity contribution in [3.8, 4) is 6.07 Å². The highest BCUT2D eigenvalue weighted by molar-refractivity contribution is 7.16. The van der Waals surface area contributed by atoms with Gasteiger partial charge in [0.25, 0.3) is 0 Å². The highest BCUT2D eigenvalue weighted by Crippen LogP contribution is 2.39. The molecule has 0 aliphatic heterocycles. The summed E-state index contributed by atoms with van der Waals surface area (Å²) in [5.74, 6) is -0.943. The van der Waals surface area contributed by atoms with E-state index < -0.39 is 5.97 Å². The van der Waals surface area contributed by atoms with E-state index in [9.17, 15) is 10.1 Å². The van der Waals surface area contributed by atoms with Gasteiger partial charge in [-0.05, 0) is 48.9 Å². The molecule has 110 valence electrons. The average molecular weight is 310 g/mol. The van der Waals surface area contributed by atoms with E-state index in [-0.39, 0.29) is 5.56 Å². The van der Waals surface area contributed by atoms with Crippen LogP contribution < -0.4 is 0 Å². The minimum Gasteiger partial charge on any atom is -0.478 e. The molecule has 3 rings (SSSR count). The summed E-state index contributed by atoms with van der Waals surface area (Å²) in [6, 6.07) is 8.81. The van der Waals surface area contributed by atoms with Crippen LogP contribution in [0, 0.1) is 11.3 Å². The van der Waals surface area contributed by atoms with Crippen molar-refractivity contribution >= 4 is 28.5 Å². The first kappa shape index (κ1) is 14.5. The Balaban J connectivity index is 1.88. The molecule has 1 aliphatic carbocycles. The van der Waals surface area contributed by atoms with E-state index in [0.29, 0.717) is 5.56 Å². The molecule has 22 heavy (non-hydrogen) atoms. The van der Waals surface area contributed by atoms with Gasteiger partial charge in [-0.2, -0.15) is 5.26 Å². The molecule has 1 aliphatic rings. The van der Waals surface area contributed by atoms with Crippen LogP contribution in [0.3, 0.4) is 0 Å². The van der Waals surface area contributed by atoms with Gasteiger partial charge in [0.05, 0.1) is 11.1 Å². The first-order chi connectivity index (χ1) is 10.7. The van der Waals surface area contributed by atoms with Crippen LogP contribution in [-0.4, -0.2) is 17.3 Å². The van der Waals surface area contributed by atoms with Crippen molar-refractivity contribution in [2.24, 2.45) is 4.99 Å². The minimum atomic E-state index is -0.943. The molecule has 0 atom stereocenters. The van der Waals surface area contributed by atoms with Crippen molar-refractivity contribution in [2.45, 2.75) is 25.7 Å². The largest absolute Gasteiger partial charge is 0.478 e. The Hall–Kier alpha value is -2.45. The number of rotatable bonds is 3. The van der Waals surface area contributed by atoms with Crippen molar-refractivity contribution in [1.29, 1.82) is 5.26 Å². The number of carbonyl (C=O) groups is 1. The standard InChI is InChI=1S/C17H14N2O2S/c18-9-14-13-3-1-2-4-15(13)22-16(14)19-10-11-5-7-12(8-6-11)17(20)21/h5-8,10H,1-4H2,(H,20,21)/b19-10+. The van der Waals surface area contributed by atoms with E-state index in [1.807, 2.05) is 0 Å². The number of nitrogens with zero attached hydrogens (tertiary/aromatic N) is 2. The molecule has 1 heterocycles. The van der Waals surface area contributed by atoms with E-state index in [2.05, 4.69) is 11.1 Å². The molecule has 5 heteroatoms. The number of aromatic carboxylic acids is 1. The third-order valence-electron chi connectivity index (χ3n) is 3.75. The second-order valence-corrected chi connectivity index (χ2v) is 6.27. The van der Waals surface area contributed by atoms with E-state index in [0.717, 1.165) is 29.8 Å². The molecule has 0 radical (unpaired) electrons. The lowest BCUT2D eigenvalue weighted by Gasteiger charge is -2.09. The average Bonchev–Trinajstić information content (AvgIpc) is 2.90. The van der Waals surface area contributed by atoms with Crippen LogP contribution in [0.15, 0.2) is 29.3 Å². The van der Waals surface area contributed by atoms with Gasteiger partial charge in [-0.15, -0.1) is 11.3 Å². The number of hydrogen-bond acceptors (Lipinski definition) is 4. The van der Waals surface area contributed by atoms with E-state index in [1.165, 1.54) is 16.9 Å². The fourth-order valence-electron chi connectivity index (χ4n) is 2.60. The molecule has 0 bridgehead atoms. The SMILES string of the molecule is N#Cc1c(/N=C/c2ccc(C(=O)O)cc2)sc2c1CCCC2. The first-order valence-corrected chi connectivity index (χ1v) is 7.93. The van der Waals surface area contributed by atoms with Crippen LogP contribution in [0.25, 0.3) is 0 Å². The number of carboxylic acid groups (broad SMARTS) is 1. The Morgan fingerprint density at radius 2 is 2.00 bits per heavy atom. The van der Waals surface area contributed by atoms with Crippen LogP contribution in [0.5, 0.6) is 0 Å². The second kappa shape index (κ2) is 6.12. The van der Waals surface area contributed by atoms with Gasteiger partial charge in [0, 0.05) is 11.1 Å². The summed E-state index contributed by atoms with van der Waals surface area (Å²) in [6.07, 6.45) is 6.01. The Morgan fingerprint density at radius 1 is 1.27 bits per heavy atom. The summed E-state index contributed by atoms with van der Waals surface area (Å²) in [5.41, 5.74) is 2.95. The topological polar surface area (TPSA) is 73.5 Å². The van der Waals surface area contributed by atoms with Crippen LogP contribution in [0.4, 0.5) is 5.00 Å². The van der Waals surface area contributed by atoms with Crippen molar-refractivity contribution in [3.05, 3.63) is 51.4 Å². The maximum absolute atomic E-state index is 10.8. The summed E-state index contributed by atoms with van der Waals surface area (Å²) in [5, 5.41) is 19.0. The van der Waals surface area contributed by atoms with Gasteiger partial charge in [-0.25, -0.2) is 9.79 Å². The number of aliphatic imine (C=N–C) groups is 1. The van der Waals surface area contributed by atoms with Crippen LogP contribution in [0.1, 0.15) is 44.8 Å². The molecule has 1 N–H and O–H groups in total. The van der Waals surface area contributed by atoms with Gasteiger partial charge in [0.15, 0.2) is 0 Å². The third kappa shape index (κ3) is 2.78. The van der Waals surface area contributed by atoms with Crippen molar-refractivity contribution in [2.75, 3.05) is 0 Å². The fraction of sp³-hybridized carbons (Fsp3) is 0.235. The maximum Gasteiger partial charge on any atom is 0.335 e. The van der Waals surface area contributed by atoms with Crippen molar-refractivity contribution in [3.63, 3.8) is 0 Å². The Kier molecular flexibility index (Phi) is 4.03. The molecule has 4 nitrogen and oxygen atoms in total. The predicted molar refractivity (Wildman–Crippen MR) is 86.3 cm³/mol. The number of aryl methyl sites for hydroxylation is 1. The molecule has 1 aromatic carbocycles. The normalized spacial score (nSPS) is 13.8. The second-order valence-electron chi connectivity index (χ2n) is 5.19. The van der Waals surface area contributed by atoms with Gasteiger partial charge < -0.3 is 5.11 Å². The Bertz CT molecular complexity index is 782. The molecule has 0 saturated heterocycles. The fourth-order valence-corrected chi connectivity index (χ4v) is 3.79. The first-order valence-electron chi connectivity index (χ1n) is 7.11. The number of fused-ring (bicyclic) bond motifs is 1. The van der Waals surface area contributed by atoms with Gasteiger partial charge in [0.1, 0.15) is 11.1 Å². The zero-order valence-electron chi connectivity index (χ0n) is 11.9. The van der Waals surface area contributed by atoms with Gasteiger partial charge in [0.2, 0.25) is 0 Å². The molecule has 0 saturated carbocycles. The summed E-state index contributed by atoms with van der Waals surface area (Å²) in [7, 11) is 0. The molecule has 0 amide bonds. The summed E-state index contributed by atoms with van der Waals surface area (Å²) < 4.78 is 0. The highest BCUT2D eigenvalue weighted by Gasteiger charge is 2.20. The molecule has 1 aromatic heterocycles. The minimum absolute atomic E-state index is 0.251. The predicted octanol–water partition coefficient (Wildman–Crippen LogP) is 3.95. The number of benzene rings is 1. The van der Waals surface area contributed by atoms with E-state index >= 15 is 0 Å². The number of thiophene rings is 1. The molecule has 0 fully saturated rings. The quantitative estimate of drug-likeness (QED) is 0.872. The lowest BCUT2D eigenvalue weighted by atomic mass is 9.96. The van der Waals surface area contributed by atoms with Crippen LogP contribution in [-0.2, 0) is 12.8 Å². The molecule has 2 aromatic rings. The van der Waals surface area contributed by atoms with Crippen molar-refractivity contribution in [1.82, 2.24) is 0 Å². The summed E-state index contributed by atoms with van der Waals surface area (Å²) >= 11 is 1.60. The third-order valence-corrected chi connectivity index (χ3v) is 4.95. The molecular weight excluding hydrogens is 296 g/mol. The van der Waals surface area contributed by atoms with E-state index in [4.69, 9.17) is 5.11 Å². The van der Waals surface area contributed by atoms with Gasteiger partial charge in [-0.1, -0.05) is 12.1 Å². The van der Waals surface area contributed by atoms with Crippen molar-refractivity contribution < 1.29 is 9.90 Å². The zero-order valence-corrected chi connectivity index (χ0v) is 12.7. The van der Waals surface area contributed by atoms with Crippen LogP contribution in [0.2, 0.25) is 0 Å². The Morgan fingerprint density at radius 3 is 2.68 bits per heavy atom. The van der Waals surface area contributed by atoms with Gasteiger partial charge >= 0.3 is 5.97 Å². The number of carboxylic acids is 1. The summed E-state index contributed by atoms with van der Waals surface area (Å²) in [4.78, 5) is 16.6. The number of nitriles is 1. The zero-order chi connectivity index (χ0) is 15.5.